The van der Waals surface area contributed by atoms with Crippen LogP contribution < -0.4 is 16.2 Å². The van der Waals surface area contributed by atoms with Crippen molar-refractivity contribution < 1.29 is 8.78 Å². The van der Waals surface area contributed by atoms with Crippen molar-refractivity contribution in [3.63, 3.8) is 0 Å². The van der Waals surface area contributed by atoms with Crippen molar-refractivity contribution in [3.8, 4) is 0 Å². The molecule has 1 atom stereocenters. The quantitative estimate of drug-likeness (QED) is 0.643. The fraction of sp³-hybridized carbons (Fsp3) is 0.583. The highest BCUT2D eigenvalue weighted by atomic mass is 19.1. The molecule has 1 aliphatic heterocycles. The van der Waals surface area contributed by atoms with Crippen molar-refractivity contribution in [2.24, 2.45) is 11.8 Å². The Kier molecular flexibility index (Phi) is 3.65. The Bertz CT molecular complexity index is 436. The van der Waals surface area contributed by atoms with E-state index in [9.17, 15) is 8.78 Å². The minimum absolute atomic E-state index is 0.124. The van der Waals surface area contributed by atoms with E-state index < -0.39 is 11.6 Å². The number of hydrogen-bond acceptors (Lipinski definition) is 4. The van der Waals surface area contributed by atoms with Crippen LogP contribution in [-0.2, 0) is 0 Å². The molecule has 1 aromatic heterocycles. The third-order valence-corrected chi connectivity index (χ3v) is 3.39. The van der Waals surface area contributed by atoms with E-state index in [1.165, 1.54) is 0 Å². The molecule has 3 N–H and O–H groups in total. The number of nitrogen functional groups attached to an aromatic ring is 1. The first kappa shape index (κ1) is 13.0. The van der Waals surface area contributed by atoms with Crippen LogP contribution in [0.4, 0.5) is 20.4 Å². The zero-order valence-electron chi connectivity index (χ0n) is 10.6. The number of halogens is 2. The summed E-state index contributed by atoms with van der Waals surface area (Å²) in [4.78, 5) is 5.85. The van der Waals surface area contributed by atoms with Gasteiger partial charge >= 0.3 is 0 Å². The van der Waals surface area contributed by atoms with E-state index in [1.54, 1.807) is 0 Å². The van der Waals surface area contributed by atoms with E-state index in [1.807, 2.05) is 4.90 Å². The third-order valence-electron chi connectivity index (χ3n) is 3.39. The van der Waals surface area contributed by atoms with Crippen LogP contribution in [0, 0.1) is 17.6 Å². The molecule has 1 fully saturated rings. The number of nitrogens with two attached hydrogens (primary N) is 1. The Morgan fingerprint density at radius 2 is 2.17 bits per heavy atom. The Labute approximate surface area is 105 Å². The molecule has 0 radical (unpaired) electrons. The van der Waals surface area contributed by atoms with Gasteiger partial charge in [-0.25, -0.2) is 19.6 Å². The summed E-state index contributed by atoms with van der Waals surface area (Å²) in [6, 6.07) is 1.07. The summed E-state index contributed by atoms with van der Waals surface area (Å²) in [7, 11) is 0. The second kappa shape index (κ2) is 5.06. The molecule has 0 aromatic carbocycles. The molecule has 4 nitrogen and oxygen atoms in total. The molecule has 1 aromatic rings. The van der Waals surface area contributed by atoms with Crippen molar-refractivity contribution in [1.29, 1.82) is 0 Å². The summed E-state index contributed by atoms with van der Waals surface area (Å²) in [6.45, 7) is 4.92. The lowest BCUT2D eigenvalue weighted by atomic mass is 10.0. The lowest BCUT2D eigenvalue weighted by molar-refractivity contribution is 0.480. The molecule has 6 heteroatoms. The highest BCUT2D eigenvalue weighted by molar-refractivity contribution is 5.50. The number of nitrogens with one attached hydrogen (secondary N) is 1. The molecule has 0 spiro atoms. The standard InChI is InChI=1S/C12H18F2N4/c1-7(2)10-4-3-5-18(10)12-9(14)6-8(13)11(16-12)17-15/h6-7,10H,3-5,15H2,1-2H3,(H,16,17). The predicted molar refractivity (Wildman–Crippen MR) is 67.2 cm³/mol. The second-order valence-corrected chi connectivity index (χ2v) is 4.92. The smallest absolute Gasteiger partial charge is 0.178 e. The van der Waals surface area contributed by atoms with Crippen molar-refractivity contribution in [2.45, 2.75) is 32.7 Å². The van der Waals surface area contributed by atoms with Crippen LogP contribution in [0.25, 0.3) is 0 Å². The van der Waals surface area contributed by atoms with Crippen molar-refractivity contribution in [1.82, 2.24) is 4.98 Å². The molecular weight excluding hydrogens is 238 g/mol. The van der Waals surface area contributed by atoms with Gasteiger partial charge in [-0.05, 0) is 18.8 Å². The highest BCUT2D eigenvalue weighted by Gasteiger charge is 2.30. The molecule has 1 unspecified atom stereocenters. The molecule has 0 saturated carbocycles. The average Bonchev–Trinajstić information content (AvgIpc) is 2.78. The summed E-state index contributed by atoms with van der Waals surface area (Å²) in [5.41, 5.74) is 2.15. The number of hydrazine groups is 1. The first-order valence-corrected chi connectivity index (χ1v) is 6.14. The summed E-state index contributed by atoms with van der Waals surface area (Å²) in [5.74, 6) is 4.20. The van der Waals surface area contributed by atoms with Gasteiger partial charge in [-0.2, -0.15) is 0 Å². The number of rotatable bonds is 3. The molecule has 18 heavy (non-hydrogen) atoms. The van der Waals surface area contributed by atoms with Gasteiger partial charge in [0, 0.05) is 18.7 Å². The van der Waals surface area contributed by atoms with E-state index in [0.29, 0.717) is 5.92 Å². The molecule has 2 heterocycles. The first-order valence-electron chi connectivity index (χ1n) is 6.14. The topological polar surface area (TPSA) is 54.2 Å². The Hall–Kier alpha value is -1.43. The van der Waals surface area contributed by atoms with Crippen LogP contribution >= 0.6 is 0 Å². The number of hydrogen-bond donors (Lipinski definition) is 2. The molecule has 100 valence electrons. The van der Waals surface area contributed by atoms with E-state index in [4.69, 9.17) is 5.84 Å². The minimum atomic E-state index is -0.779. The average molecular weight is 256 g/mol. The highest BCUT2D eigenvalue weighted by Crippen LogP contribution is 2.31. The van der Waals surface area contributed by atoms with E-state index in [2.05, 4.69) is 24.3 Å². The third kappa shape index (κ3) is 2.25. The molecule has 0 aliphatic carbocycles. The zero-order chi connectivity index (χ0) is 13.3. The number of anilines is 2. The zero-order valence-corrected chi connectivity index (χ0v) is 10.6. The maximum atomic E-state index is 13.8. The Morgan fingerprint density at radius 3 is 2.78 bits per heavy atom. The second-order valence-electron chi connectivity index (χ2n) is 4.92. The van der Waals surface area contributed by atoms with Crippen LogP contribution in [0.15, 0.2) is 6.07 Å². The summed E-state index contributed by atoms with van der Waals surface area (Å²) >= 11 is 0. The van der Waals surface area contributed by atoms with Crippen molar-refractivity contribution in [3.05, 3.63) is 17.7 Å². The maximum Gasteiger partial charge on any atom is 0.178 e. The molecule has 1 saturated heterocycles. The number of nitrogens with zero attached hydrogens (tertiary/aromatic N) is 2. The van der Waals surface area contributed by atoms with Gasteiger partial charge in [-0.15, -0.1) is 0 Å². The van der Waals surface area contributed by atoms with Gasteiger partial charge in [0.1, 0.15) is 0 Å². The minimum Gasteiger partial charge on any atom is -0.351 e. The largest absolute Gasteiger partial charge is 0.351 e. The lowest BCUT2D eigenvalue weighted by Crippen LogP contribution is -2.35. The fourth-order valence-electron chi connectivity index (χ4n) is 2.51. The van der Waals surface area contributed by atoms with E-state index in [0.717, 1.165) is 25.5 Å². The monoisotopic (exact) mass is 256 g/mol. The summed E-state index contributed by atoms with van der Waals surface area (Å²) < 4.78 is 27.2. The maximum absolute atomic E-state index is 13.8. The van der Waals surface area contributed by atoms with Gasteiger partial charge in [-0.3, -0.25) is 0 Å². The fourth-order valence-corrected chi connectivity index (χ4v) is 2.51. The molecule has 0 amide bonds. The number of aromatic nitrogens is 1. The Balaban J connectivity index is 2.38. The van der Waals surface area contributed by atoms with Crippen LogP contribution in [0.3, 0.4) is 0 Å². The normalized spacial score (nSPS) is 19.7. The van der Waals surface area contributed by atoms with Gasteiger partial charge < -0.3 is 10.3 Å². The van der Waals surface area contributed by atoms with Crippen LogP contribution in [0.5, 0.6) is 0 Å². The molecule has 1 aliphatic rings. The predicted octanol–water partition coefficient (Wildman–Crippen LogP) is 2.27. The van der Waals surface area contributed by atoms with Gasteiger partial charge in [-0.1, -0.05) is 13.8 Å². The van der Waals surface area contributed by atoms with Crippen LogP contribution in [-0.4, -0.2) is 17.6 Å². The van der Waals surface area contributed by atoms with Gasteiger partial charge in [0.25, 0.3) is 0 Å². The van der Waals surface area contributed by atoms with Gasteiger partial charge in [0.2, 0.25) is 0 Å². The van der Waals surface area contributed by atoms with Gasteiger partial charge in [0.15, 0.2) is 23.3 Å². The lowest BCUT2D eigenvalue weighted by Gasteiger charge is -2.29. The van der Waals surface area contributed by atoms with Crippen molar-refractivity contribution in [2.75, 3.05) is 16.9 Å². The molecule has 2 rings (SSSR count). The molecular formula is C12H18F2N4. The van der Waals surface area contributed by atoms with E-state index in [-0.39, 0.29) is 17.7 Å². The van der Waals surface area contributed by atoms with Crippen LogP contribution in [0.1, 0.15) is 26.7 Å². The SMILES string of the molecule is CC(C)C1CCCN1c1nc(NN)c(F)cc1F. The first-order chi connectivity index (χ1) is 8.54. The van der Waals surface area contributed by atoms with Gasteiger partial charge in [0.05, 0.1) is 0 Å². The summed E-state index contributed by atoms with van der Waals surface area (Å²) in [6.07, 6.45) is 1.99. The molecule has 0 bridgehead atoms. The van der Waals surface area contributed by atoms with E-state index >= 15 is 0 Å². The summed E-state index contributed by atoms with van der Waals surface area (Å²) in [5, 5.41) is 0. The Morgan fingerprint density at radius 1 is 1.44 bits per heavy atom. The van der Waals surface area contributed by atoms with Crippen molar-refractivity contribution >= 4 is 11.6 Å². The number of pyridine rings is 1. The van der Waals surface area contributed by atoms with Crippen LogP contribution in [0.2, 0.25) is 0 Å².